The summed E-state index contributed by atoms with van der Waals surface area (Å²) in [5.74, 6) is -1.16. The van der Waals surface area contributed by atoms with Gasteiger partial charge in [0.1, 0.15) is 5.69 Å². The molecule has 2 heterocycles. The van der Waals surface area contributed by atoms with Crippen molar-refractivity contribution in [2.24, 2.45) is 0 Å². The number of carboxylic acid groups (broad SMARTS) is 1. The number of fused-ring (bicyclic) bond motifs is 1. The zero-order valence-corrected chi connectivity index (χ0v) is 11.2. The summed E-state index contributed by atoms with van der Waals surface area (Å²) in [4.78, 5) is 28.8. The second kappa shape index (κ2) is 4.61. The Balaban J connectivity index is 1.83. The van der Waals surface area contributed by atoms with E-state index in [9.17, 15) is 9.59 Å². The molecular weight excluding hydrogens is 278 g/mol. The molecule has 2 aromatic rings. The molecule has 0 saturated carbocycles. The highest BCUT2D eigenvalue weighted by atomic mass is 32.1. The third-order valence-electron chi connectivity index (χ3n) is 3.20. The molecule has 3 N–H and O–H groups in total. The molecule has 0 bridgehead atoms. The van der Waals surface area contributed by atoms with Crippen molar-refractivity contribution in [2.45, 2.75) is 13.1 Å². The smallest absolute Gasteiger partial charge is 0.335 e. The van der Waals surface area contributed by atoms with Crippen LogP contribution in [0.5, 0.6) is 0 Å². The number of carbonyl (C=O) groups excluding carboxylic acids is 1. The van der Waals surface area contributed by atoms with Gasteiger partial charge >= 0.3 is 5.97 Å². The molecule has 1 aromatic heterocycles. The first-order valence-corrected chi connectivity index (χ1v) is 6.78. The van der Waals surface area contributed by atoms with Crippen LogP contribution in [0.2, 0.25) is 0 Å². The second-order valence-electron chi connectivity index (χ2n) is 4.52. The number of nitrogen functional groups attached to an aromatic ring is 1. The molecule has 7 heteroatoms. The fraction of sp³-hybridized carbons (Fsp3) is 0.154. The zero-order chi connectivity index (χ0) is 14.3. The summed E-state index contributed by atoms with van der Waals surface area (Å²) in [6, 6.07) is 4.91. The number of carbonyl (C=O) groups is 2. The molecular formula is C13H11N3O3S. The van der Waals surface area contributed by atoms with Crippen molar-refractivity contribution in [2.75, 3.05) is 5.73 Å². The predicted molar refractivity (Wildman–Crippen MR) is 73.5 cm³/mol. The predicted octanol–water partition coefficient (Wildman–Crippen LogP) is 1.58. The molecule has 102 valence electrons. The molecule has 1 aliphatic heterocycles. The van der Waals surface area contributed by atoms with E-state index in [1.165, 1.54) is 11.3 Å². The summed E-state index contributed by atoms with van der Waals surface area (Å²) < 4.78 is 0. The van der Waals surface area contributed by atoms with E-state index in [0.29, 0.717) is 23.9 Å². The highest BCUT2D eigenvalue weighted by Crippen LogP contribution is 2.26. The minimum Gasteiger partial charge on any atom is -0.478 e. The normalized spacial score (nSPS) is 13.3. The SMILES string of the molecule is Nc1nc(C(=O)N2Cc3ccc(C(=O)O)cc3C2)cs1. The summed E-state index contributed by atoms with van der Waals surface area (Å²) in [6.45, 7) is 0.859. The molecule has 0 fully saturated rings. The number of benzene rings is 1. The fourth-order valence-electron chi connectivity index (χ4n) is 2.22. The number of rotatable bonds is 2. The summed E-state index contributed by atoms with van der Waals surface area (Å²) in [6.07, 6.45) is 0. The van der Waals surface area contributed by atoms with Crippen molar-refractivity contribution in [3.05, 3.63) is 46.0 Å². The monoisotopic (exact) mass is 289 g/mol. The van der Waals surface area contributed by atoms with Crippen LogP contribution >= 0.6 is 11.3 Å². The maximum absolute atomic E-state index is 12.2. The Morgan fingerprint density at radius 3 is 2.70 bits per heavy atom. The number of aromatic nitrogens is 1. The van der Waals surface area contributed by atoms with Crippen LogP contribution in [-0.4, -0.2) is 26.9 Å². The first-order valence-electron chi connectivity index (χ1n) is 5.90. The van der Waals surface area contributed by atoms with Gasteiger partial charge in [0.25, 0.3) is 5.91 Å². The van der Waals surface area contributed by atoms with Crippen LogP contribution in [0.4, 0.5) is 5.13 Å². The van der Waals surface area contributed by atoms with Crippen LogP contribution in [0, 0.1) is 0 Å². The molecule has 0 radical (unpaired) electrons. The minimum atomic E-state index is -0.968. The third kappa shape index (κ3) is 2.12. The fourth-order valence-corrected chi connectivity index (χ4v) is 2.76. The lowest BCUT2D eigenvalue weighted by Crippen LogP contribution is -2.25. The van der Waals surface area contributed by atoms with Crippen molar-refractivity contribution in [3.63, 3.8) is 0 Å². The quantitative estimate of drug-likeness (QED) is 0.875. The number of carboxylic acids is 1. The molecule has 1 aromatic carbocycles. The Bertz CT molecular complexity index is 711. The molecule has 0 saturated heterocycles. The first-order chi connectivity index (χ1) is 9.54. The molecule has 0 atom stereocenters. The topological polar surface area (TPSA) is 96.5 Å². The van der Waals surface area contributed by atoms with Gasteiger partial charge in [0.2, 0.25) is 0 Å². The highest BCUT2D eigenvalue weighted by Gasteiger charge is 2.26. The molecule has 1 aliphatic rings. The van der Waals surface area contributed by atoms with E-state index < -0.39 is 5.97 Å². The van der Waals surface area contributed by atoms with Crippen LogP contribution in [-0.2, 0) is 13.1 Å². The van der Waals surface area contributed by atoms with E-state index in [-0.39, 0.29) is 11.5 Å². The van der Waals surface area contributed by atoms with Crippen LogP contribution in [0.25, 0.3) is 0 Å². The van der Waals surface area contributed by atoms with Gasteiger partial charge in [-0.05, 0) is 23.3 Å². The number of amides is 1. The Labute approximate surface area is 118 Å². The lowest BCUT2D eigenvalue weighted by atomic mass is 10.1. The number of anilines is 1. The summed E-state index contributed by atoms with van der Waals surface area (Å²) >= 11 is 1.22. The molecule has 20 heavy (non-hydrogen) atoms. The van der Waals surface area contributed by atoms with Gasteiger partial charge in [-0.3, -0.25) is 4.79 Å². The van der Waals surface area contributed by atoms with Gasteiger partial charge in [0, 0.05) is 18.5 Å². The number of nitrogens with two attached hydrogens (primary N) is 1. The van der Waals surface area contributed by atoms with Crippen LogP contribution in [0.1, 0.15) is 32.0 Å². The minimum absolute atomic E-state index is 0.189. The van der Waals surface area contributed by atoms with Crippen molar-refractivity contribution < 1.29 is 14.7 Å². The van der Waals surface area contributed by atoms with E-state index in [1.54, 1.807) is 28.5 Å². The van der Waals surface area contributed by atoms with Gasteiger partial charge in [0.05, 0.1) is 5.56 Å². The zero-order valence-electron chi connectivity index (χ0n) is 10.4. The van der Waals surface area contributed by atoms with Gasteiger partial charge in [-0.15, -0.1) is 11.3 Å². The van der Waals surface area contributed by atoms with Crippen LogP contribution in [0.15, 0.2) is 23.6 Å². The second-order valence-corrected chi connectivity index (χ2v) is 5.41. The largest absolute Gasteiger partial charge is 0.478 e. The number of hydrogen-bond donors (Lipinski definition) is 2. The van der Waals surface area contributed by atoms with Crippen molar-refractivity contribution >= 4 is 28.3 Å². The Kier molecular flexibility index (Phi) is 2.90. The van der Waals surface area contributed by atoms with E-state index in [4.69, 9.17) is 10.8 Å². The lowest BCUT2D eigenvalue weighted by Gasteiger charge is -2.13. The first kappa shape index (κ1) is 12.6. The number of thiazole rings is 1. The summed E-state index contributed by atoms with van der Waals surface area (Å²) in [5.41, 5.74) is 7.92. The van der Waals surface area contributed by atoms with E-state index >= 15 is 0 Å². The van der Waals surface area contributed by atoms with Gasteiger partial charge in [-0.2, -0.15) is 0 Å². The van der Waals surface area contributed by atoms with Crippen molar-refractivity contribution in [1.82, 2.24) is 9.88 Å². The van der Waals surface area contributed by atoms with Crippen LogP contribution in [0.3, 0.4) is 0 Å². The molecule has 0 aliphatic carbocycles. The lowest BCUT2D eigenvalue weighted by molar-refractivity contribution is 0.0696. The number of hydrogen-bond acceptors (Lipinski definition) is 5. The standard InChI is InChI=1S/C13H11N3O3S/c14-13-15-10(6-20-13)11(17)16-4-8-2-1-7(12(18)19)3-9(8)5-16/h1-3,6H,4-5H2,(H2,14,15)(H,18,19). The molecule has 6 nitrogen and oxygen atoms in total. The van der Waals surface area contributed by atoms with E-state index in [0.717, 1.165) is 11.1 Å². The summed E-state index contributed by atoms with van der Waals surface area (Å²) in [5, 5.41) is 11.0. The van der Waals surface area contributed by atoms with Gasteiger partial charge < -0.3 is 15.7 Å². The molecule has 0 spiro atoms. The Hall–Kier alpha value is -2.41. The molecule has 0 unspecified atom stereocenters. The number of nitrogens with zero attached hydrogens (tertiary/aromatic N) is 2. The number of aromatic carboxylic acids is 1. The van der Waals surface area contributed by atoms with Gasteiger partial charge in [-0.25, -0.2) is 9.78 Å². The summed E-state index contributed by atoms with van der Waals surface area (Å²) in [7, 11) is 0. The Morgan fingerprint density at radius 2 is 2.05 bits per heavy atom. The van der Waals surface area contributed by atoms with Gasteiger partial charge in [0.15, 0.2) is 5.13 Å². The highest BCUT2D eigenvalue weighted by molar-refractivity contribution is 7.13. The third-order valence-corrected chi connectivity index (χ3v) is 3.88. The Morgan fingerprint density at radius 1 is 1.30 bits per heavy atom. The average Bonchev–Trinajstić information content (AvgIpc) is 3.02. The molecule has 1 amide bonds. The maximum Gasteiger partial charge on any atom is 0.335 e. The average molecular weight is 289 g/mol. The van der Waals surface area contributed by atoms with Gasteiger partial charge in [-0.1, -0.05) is 6.07 Å². The maximum atomic E-state index is 12.2. The molecule has 3 rings (SSSR count). The van der Waals surface area contributed by atoms with Crippen molar-refractivity contribution in [1.29, 1.82) is 0 Å². The van der Waals surface area contributed by atoms with E-state index in [2.05, 4.69) is 4.98 Å². The van der Waals surface area contributed by atoms with Crippen molar-refractivity contribution in [3.8, 4) is 0 Å². The van der Waals surface area contributed by atoms with Crippen LogP contribution < -0.4 is 5.73 Å². The van der Waals surface area contributed by atoms with E-state index in [1.807, 2.05) is 0 Å².